The van der Waals surface area contributed by atoms with Crippen LogP contribution in [0.2, 0.25) is 0 Å². The van der Waals surface area contributed by atoms with Gasteiger partial charge in [-0.25, -0.2) is 4.58 Å². The lowest BCUT2D eigenvalue weighted by Gasteiger charge is -2.25. The average molecular weight is 335 g/mol. The van der Waals surface area contributed by atoms with Crippen LogP contribution in [0.5, 0.6) is 5.75 Å². The van der Waals surface area contributed by atoms with Crippen LogP contribution in [0.15, 0.2) is 60.3 Å². The van der Waals surface area contributed by atoms with E-state index < -0.39 is 0 Å². The highest BCUT2D eigenvalue weighted by Crippen LogP contribution is 2.47. The van der Waals surface area contributed by atoms with Gasteiger partial charge >= 0.3 is 0 Å². The van der Waals surface area contributed by atoms with Gasteiger partial charge in [-0.2, -0.15) is 0 Å². The van der Waals surface area contributed by atoms with Crippen LogP contribution >= 0.6 is 0 Å². The molecule has 0 fully saturated rings. The summed E-state index contributed by atoms with van der Waals surface area (Å²) in [5.74, 6) is 0.875. The van der Waals surface area contributed by atoms with Crippen molar-refractivity contribution in [2.45, 2.75) is 26.2 Å². The van der Waals surface area contributed by atoms with E-state index >= 15 is 0 Å². The van der Waals surface area contributed by atoms with Crippen molar-refractivity contribution in [3.63, 3.8) is 0 Å². The number of rotatable bonds is 4. The maximum Gasteiger partial charge on any atom is 0.205 e. The molecule has 0 amide bonds. The molecule has 1 aliphatic rings. The number of benzene rings is 2. The first-order chi connectivity index (χ1) is 12.0. The molecule has 0 bridgehead atoms. The Labute approximate surface area is 150 Å². The molecule has 0 saturated carbocycles. The second kappa shape index (κ2) is 6.75. The lowest BCUT2D eigenvalue weighted by atomic mass is 9.84. The molecule has 0 radical (unpaired) electrons. The third-order valence-corrected chi connectivity index (χ3v) is 5.05. The Morgan fingerprint density at radius 1 is 1.08 bits per heavy atom. The molecule has 3 nitrogen and oxygen atoms in total. The number of anilines is 1. The Kier molecular flexibility index (Phi) is 4.67. The van der Waals surface area contributed by atoms with Crippen LogP contribution in [0, 0.1) is 0 Å². The van der Waals surface area contributed by atoms with E-state index in [4.69, 9.17) is 4.74 Å². The smallest absolute Gasteiger partial charge is 0.205 e. The van der Waals surface area contributed by atoms with Crippen LogP contribution in [-0.2, 0) is 5.41 Å². The highest BCUT2D eigenvalue weighted by Gasteiger charge is 2.39. The highest BCUT2D eigenvalue weighted by molar-refractivity contribution is 5.77. The summed E-state index contributed by atoms with van der Waals surface area (Å²) < 4.78 is 7.37. The van der Waals surface area contributed by atoms with Crippen molar-refractivity contribution >= 4 is 17.6 Å². The number of nitrogens with zero attached hydrogens (tertiary/aromatic N) is 2. The van der Waals surface area contributed by atoms with Gasteiger partial charge in [0.05, 0.1) is 7.11 Å². The lowest BCUT2D eigenvalue weighted by molar-refractivity contribution is -0.398. The molecule has 3 rings (SSSR count). The minimum atomic E-state index is 0.00382. The number of hydrogen-bond acceptors (Lipinski definition) is 2. The lowest BCUT2D eigenvalue weighted by Crippen LogP contribution is -2.26. The molecule has 2 aromatic rings. The van der Waals surface area contributed by atoms with Crippen molar-refractivity contribution in [1.82, 2.24) is 0 Å². The first-order valence-electron chi connectivity index (χ1n) is 8.78. The summed E-state index contributed by atoms with van der Waals surface area (Å²) in [7, 11) is 3.76. The van der Waals surface area contributed by atoms with E-state index in [-0.39, 0.29) is 5.41 Å². The molecular weight excluding hydrogens is 308 g/mol. The predicted molar refractivity (Wildman–Crippen MR) is 105 cm³/mol. The fourth-order valence-electron chi connectivity index (χ4n) is 3.57. The van der Waals surface area contributed by atoms with Gasteiger partial charge in [-0.15, -0.1) is 0 Å². The van der Waals surface area contributed by atoms with E-state index in [1.165, 1.54) is 16.9 Å². The summed E-state index contributed by atoms with van der Waals surface area (Å²) in [5, 5.41) is 0. The molecule has 3 heteroatoms. The summed E-state index contributed by atoms with van der Waals surface area (Å²) in [6, 6.07) is 16.8. The largest absolute Gasteiger partial charge is 0.497 e. The van der Waals surface area contributed by atoms with Crippen molar-refractivity contribution in [1.29, 1.82) is 0 Å². The number of methoxy groups -OCH3 is 1. The van der Waals surface area contributed by atoms with Crippen molar-refractivity contribution in [3.8, 4) is 5.75 Å². The zero-order valence-electron chi connectivity index (χ0n) is 15.8. The Morgan fingerprint density at radius 3 is 2.40 bits per heavy atom. The normalized spacial score (nSPS) is 17.7. The third-order valence-electron chi connectivity index (χ3n) is 5.05. The second-order valence-corrected chi connectivity index (χ2v) is 6.90. The standard InChI is InChI=1S/C22H27N2O/c1-6-24-20-10-8-7-9-19(20)22(2,3)21(24)15-16-23(4)17-11-13-18(25-5)14-12-17/h7-16H,6H2,1-5H3/q+1. The molecule has 0 unspecified atom stereocenters. The monoisotopic (exact) mass is 335 g/mol. The Balaban J connectivity index is 1.96. The van der Waals surface area contributed by atoms with Crippen molar-refractivity contribution in [3.05, 3.63) is 65.9 Å². The van der Waals surface area contributed by atoms with Crippen LogP contribution in [-0.4, -0.2) is 31.5 Å². The Bertz CT molecular complexity index is 816. The topological polar surface area (TPSA) is 15.5 Å². The Hall–Kier alpha value is -2.55. The summed E-state index contributed by atoms with van der Waals surface area (Å²) in [6.07, 6.45) is 4.39. The van der Waals surface area contributed by atoms with Gasteiger partial charge in [-0.05, 0) is 30.7 Å². The maximum atomic E-state index is 5.23. The third kappa shape index (κ3) is 3.07. The molecule has 25 heavy (non-hydrogen) atoms. The van der Waals surface area contributed by atoms with Crippen LogP contribution < -0.4 is 9.64 Å². The van der Waals surface area contributed by atoms with Crippen molar-refractivity contribution in [2.24, 2.45) is 0 Å². The molecule has 2 aromatic carbocycles. The molecule has 0 N–H and O–H groups in total. The number of fused-ring (bicyclic) bond motifs is 1. The maximum absolute atomic E-state index is 5.23. The number of ether oxygens (including phenoxy) is 1. The van der Waals surface area contributed by atoms with Gasteiger partial charge < -0.3 is 9.64 Å². The number of likely N-dealkylation sites (N-methyl/N-ethyl adjacent to an activating group) is 1. The molecule has 0 atom stereocenters. The van der Waals surface area contributed by atoms with Gasteiger partial charge in [0, 0.05) is 41.6 Å². The first kappa shape index (κ1) is 17.3. The highest BCUT2D eigenvalue weighted by atomic mass is 16.5. The zero-order valence-corrected chi connectivity index (χ0v) is 15.8. The molecule has 0 saturated heterocycles. The van der Waals surface area contributed by atoms with E-state index in [9.17, 15) is 0 Å². The minimum Gasteiger partial charge on any atom is -0.497 e. The second-order valence-electron chi connectivity index (χ2n) is 6.90. The molecule has 1 heterocycles. The van der Waals surface area contributed by atoms with Crippen LogP contribution in [0.3, 0.4) is 0 Å². The molecular formula is C22H27N2O+. The van der Waals surface area contributed by atoms with Crippen molar-refractivity contribution in [2.75, 3.05) is 25.6 Å². The summed E-state index contributed by atoms with van der Waals surface area (Å²) in [6.45, 7) is 7.77. The van der Waals surface area contributed by atoms with E-state index in [0.717, 1.165) is 18.0 Å². The quantitative estimate of drug-likeness (QED) is 0.592. The molecule has 0 spiro atoms. The van der Waals surface area contributed by atoms with E-state index in [0.29, 0.717) is 0 Å². The van der Waals surface area contributed by atoms with Gasteiger partial charge in [-0.1, -0.05) is 32.0 Å². The Morgan fingerprint density at radius 2 is 1.76 bits per heavy atom. The summed E-state index contributed by atoms with van der Waals surface area (Å²) >= 11 is 0. The van der Waals surface area contributed by atoms with Gasteiger partial charge in [0.15, 0.2) is 6.21 Å². The predicted octanol–water partition coefficient (Wildman–Crippen LogP) is 4.74. The SMILES string of the molecule is CCN1C(=CC=[N+](C)c2ccc(OC)cc2)C(C)(C)c2ccccc21. The fourth-order valence-corrected chi connectivity index (χ4v) is 3.57. The van der Waals surface area contributed by atoms with Gasteiger partial charge in [0.2, 0.25) is 5.69 Å². The molecule has 0 aliphatic carbocycles. The molecule has 130 valence electrons. The van der Waals surface area contributed by atoms with E-state index in [2.05, 4.69) is 86.0 Å². The first-order valence-corrected chi connectivity index (χ1v) is 8.78. The molecule has 1 aliphatic heterocycles. The molecule has 0 aromatic heterocycles. The number of para-hydroxylation sites is 1. The van der Waals surface area contributed by atoms with Crippen LogP contribution in [0.25, 0.3) is 0 Å². The van der Waals surface area contributed by atoms with Crippen LogP contribution in [0.1, 0.15) is 26.3 Å². The van der Waals surface area contributed by atoms with E-state index in [1.54, 1.807) is 7.11 Å². The van der Waals surface area contributed by atoms with Crippen LogP contribution in [0.4, 0.5) is 11.4 Å². The minimum absolute atomic E-state index is 0.00382. The van der Waals surface area contributed by atoms with Gasteiger partial charge in [-0.3, -0.25) is 0 Å². The van der Waals surface area contributed by atoms with Crippen molar-refractivity contribution < 1.29 is 9.31 Å². The van der Waals surface area contributed by atoms with Gasteiger partial charge in [0.25, 0.3) is 0 Å². The number of hydrogen-bond donors (Lipinski definition) is 0. The summed E-state index contributed by atoms with van der Waals surface area (Å²) in [4.78, 5) is 2.41. The number of allylic oxidation sites excluding steroid dienone is 2. The zero-order chi connectivity index (χ0) is 18.0. The summed E-state index contributed by atoms with van der Waals surface area (Å²) in [5.41, 5.74) is 5.18. The average Bonchev–Trinajstić information content (AvgIpc) is 2.86. The van der Waals surface area contributed by atoms with Gasteiger partial charge in [0.1, 0.15) is 12.8 Å². The van der Waals surface area contributed by atoms with E-state index in [1.807, 2.05) is 12.1 Å². The fraction of sp³-hybridized carbons (Fsp3) is 0.318.